The van der Waals surface area contributed by atoms with E-state index in [0.717, 1.165) is 12.6 Å². The first-order valence-electron chi connectivity index (χ1n) is 6.63. The zero-order valence-corrected chi connectivity index (χ0v) is 10.6. The summed E-state index contributed by atoms with van der Waals surface area (Å²) in [7, 11) is 1.82. The Kier molecular flexibility index (Phi) is 4.42. The van der Waals surface area contributed by atoms with E-state index in [4.69, 9.17) is 4.74 Å². The Labute approximate surface area is 99.7 Å². The summed E-state index contributed by atoms with van der Waals surface area (Å²) in [6, 6.07) is 1.42. The molecule has 0 spiro atoms. The van der Waals surface area contributed by atoms with Crippen LogP contribution >= 0.6 is 0 Å². The van der Waals surface area contributed by atoms with Gasteiger partial charge in [-0.25, -0.2) is 0 Å². The smallest absolute Gasteiger partial charge is 0.0618 e. The maximum absolute atomic E-state index is 5.34. The number of likely N-dealkylation sites (tertiary alicyclic amines) is 1. The highest BCUT2D eigenvalue weighted by atomic mass is 16.5. The molecule has 0 aromatic carbocycles. The fourth-order valence-corrected chi connectivity index (χ4v) is 2.90. The van der Waals surface area contributed by atoms with Crippen LogP contribution in [0.4, 0.5) is 0 Å². The molecule has 0 N–H and O–H groups in total. The quantitative estimate of drug-likeness (QED) is 0.657. The summed E-state index contributed by atoms with van der Waals surface area (Å²) in [5.74, 6) is 0. The van der Waals surface area contributed by atoms with E-state index in [1.54, 1.807) is 5.57 Å². The van der Waals surface area contributed by atoms with E-state index in [9.17, 15) is 0 Å². The molecule has 0 saturated carbocycles. The molecule has 0 aromatic rings. The van der Waals surface area contributed by atoms with Gasteiger partial charge < -0.3 is 4.74 Å². The average molecular weight is 222 g/mol. The molecule has 1 saturated heterocycles. The minimum Gasteiger partial charge on any atom is -0.383 e. The summed E-state index contributed by atoms with van der Waals surface area (Å²) in [6.45, 7) is 4.47. The highest BCUT2D eigenvalue weighted by Crippen LogP contribution is 2.30. The van der Waals surface area contributed by atoms with Crippen LogP contribution in [0.15, 0.2) is 11.6 Å². The van der Waals surface area contributed by atoms with E-state index in [-0.39, 0.29) is 0 Å². The third-order valence-corrected chi connectivity index (χ3v) is 3.75. The Hall–Kier alpha value is -0.340. The van der Waals surface area contributed by atoms with Gasteiger partial charge in [0.1, 0.15) is 0 Å². The minimum absolute atomic E-state index is 0.667. The van der Waals surface area contributed by atoms with Crippen LogP contribution in [0.5, 0.6) is 0 Å². The number of ether oxygens (including phenoxy) is 1. The molecule has 16 heavy (non-hydrogen) atoms. The van der Waals surface area contributed by atoms with Gasteiger partial charge in [-0.1, -0.05) is 25.0 Å². The van der Waals surface area contributed by atoms with Crippen LogP contribution < -0.4 is 0 Å². The van der Waals surface area contributed by atoms with Gasteiger partial charge in [0.05, 0.1) is 6.61 Å². The zero-order chi connectivity index (χ0) is 11.4. The molecule has 1 aliphatic carbocycles. The number of rotatable bonds is 7. The molecule has 2 atom stereocenters. The fourth-order valence-electron chi connectivity index (χ4n) is 2.90. The Bertz CT molecular complexity index is 249. The molecule has 1 fully saturated rings. The molecule has 1 heterocycles. The van der Waals surface area contributed by atoms with Gasteiger partial charge in [-0.15, -0.1) is 0 Å². The molecule has 2 aliphatic rings. The van der Waals surface area contributed by atoms with Crippen LogP contribution in [0, 0.1) is 6.42 Å². The molecule has 1 radical (unpaired) electrons. The lowest BCUT2D eigenvalue weighted by molar-refractivity contribution is 0.0856. The van der Waals surface area contributed by atoms with Crippen LogP contribution in [0.25, 0.3) is 0 Å². The van der Waals surface area contributed by atoms with Crippen molar-refractivity contribution in [1.82, 2.24) is 4.90 Å². The van der Waals surface area contributed by atoms with E-state index < -0.39 is 0 Å². The predicted molar refractivity (Wildman–Crippen MR) is 67.3 cm³/mol. The van der Waals surface area contributed by atoms with Crippen molar-refractivity contribution in [3.05, 3.63) is 18.1 Å². The summed E-state index contributed by atoms with van der Waals surface area (Å²) in [6.07, 6.45) is 11.0. The van der Waals surface area contributed by atoms with Gasteiger partial charge in [0.25, 0.3) is 0 Å². The van der Waals surface area contributed by atoms with Crippen LogP contribution in [0.1, 0.15) is 39.0 Å². The summed E-state index contributed by atoms with van der Waals surface area (Å²) in [5.41, 5.74) is 1.56. The van der Waals surface area contributed by atoms with Crippen molar-refractivity contribution in [2.24, 2.45) is 0 Å². The van der Waals surface area contributed by atoms with Crippen LogP contribution in [0.2, 0.25) is 0 Å². The standard InChI is InChI=1S/C14H24NO/c1-3-5-13(10-12-7-8-12)15-9-4-6-14(15)11-16-2/h7-8,13-14H,3-6,9-11H2,1-2H3/t13?,14-/m1/s1. The van der Waals surface area contributed by atoms with Crippen molar-refractivity contribution in [3.8, 4) is 0 Å². The van der Waals surface area contributed by atoms with E-state index in [0.29, 0.717) is 6.04 Å². The average Bonchev–Trinajstić information content (AvgIpc) is 2.97. The van der Waals surface area contributed by atoms with Crippen molar-refractivity contribution in [3.63, 3.8) is 0 Å². The first-order chi connectivity index (χ1) is 7.85. The van der Waals surface area contributed by atoms with Gasteiger partial charge >= 0.3 is 0 Å². The van der Waals surface area contributed by atoms with Crippen molar-refractivity contribution in [2.75, 3.05) is 20.3 Å². The second kappa shape index (κ2) is 5.83. The molecular weight excluding hydrogens is 198 g/mol. The van der Waals surface area contributed by atoms with Crippen molar-refractivity contribution < 1.29 is 4.74 Å². The molecule has 0 aromatic heterocycles. The topological polar surface area (TPSA) is 12.5 Å². The number of hydrogen-bond donors (Lipinski definition) is 0. The number of nitrogens with zero attached hydrogens (tertiary/aromatic N) is 1. The van der Waals surface area contributed by atoms with Crippen LogP contribution in [0.3, 0.4) is 0 Å². The maximum atomic E-state index is 5.34. The third-order valence-electron chi connectivity index (χ3n) is 3.75. The fraction of sp³-hybridized carbons (Fsp3) is 0.786. The molecule has 1 aliphatic heterocycles. The molecule has 2 rings (SSSR count). The van der Waals surface area contributed by atoms with Gasteiger partial charge in [0.15, 0.2) is 0 Å². The predicted octanol–water partition coefficient (Wildman–Crippen LogP) is 2.80. The monoisotopic (exact) mass is 222 g/mol. The van der Waals surface area contributed by atoms with E-state index in [1.807, 2.05) is 7.11 Å². The Morgan fingerprint density at radius 2 is 2.38 bits per heavy atom. The molecule has 0 amide bonds. The van der Waals surface area contributed by atoms with Gasteiger partial charge in [-0.05, 0) is 32.2 Å². The SMILES string of the molecule is CCCC(CC1=C[CH]1)N1CCC[C@@H]1COC. The molecular formula is C14H24NO. The molecule has 91 valence electrons. The minimum atomic E-state index is 0.667. The lowest BCUT2D eigenvalue weighted by Gasteiger charge is -2.32. The molecule has 0 bridgehead atoms. The summed E-state index contributed by atoms with van der Waals surface area (Å²) >= 11 is 0. The largest absolute Gasteiger partial charge is 0.383 e. The van der Waals surface area contributed by atoms with Crippen LogP contribution in [-0.2, 0) is 4.74 Å². The molecule has 1 unspecified atom stereocenters. The van der Waals surface area contributed by atoms with Crippen molar-refractivity contribution in [2.45, 2.75) is 51.1 Å². The Morgan fingerprint density at radius 3 is 3.00 bits per heavy atom. The summed E-state index contributed by atoms with van der Waals surface area (Å²) < 4.78 is 5.34. The first-order valence-corrected chi connectivity index (χ1v) is 6.63. The van der Waals surface area contributed by atoms with Gasteiger partial charge in [0.2, 0.25) is 0 Å². The number of hydrogen-bond acceptors (Lipinski definition) is 2. The van der Waals surface area contributed by atoms with Gasteiger partial charge in [-0.3, -0.25) is 4.90 Å². The summed E-state index contributed by atoms with van der Waals surface area (Å²) in [5, 5.41) is 0. The lowest BCUT2D eigenvalue weighted by atomic mass is 10.0. The van der Waals surface area contributed by atoms with Crippen LogP contribution in [-0.4, -0.2) is 37.2 Å². The zero-order valence-electron chi connectivity index (χ0n) is 10.6. The lowest BCUT2D eigenvalue weighted by Crippen LogP contribution is -2.41. The third kappa shape index (κ3) is 3.08. The number of allylic oxidation sites excluding steroid dienone is 1. The van der Waals surface area contributed by atoms with Crippen molar-refractivity contribution >= 4 is 0 Å². The first kappa shape index (κ1) is 12.1. The second-order valence-electron chi connectivity index (χ2n) is 5.04. The number of methoxy groups -OCH3 is 1. The Balaban J connectivity index is 1.90. The van der Waals surface area contributed by atoms with Gasteiger partial charge in [-0.2, -0.15) is 0 Å². The van der Waals surface area contributed by atoms with E-state index in [1.165, 1.54) is 38.6 Å². The second-order valence-corrected chi connectivity index (χ2v) is 5.04. The van der Waals surface area contributed by atoms with E-state index in [2.05, 4.69) is 24.3 Å². The Morgan fingerprint density at radius 1 is 1.56 bits per heavy atom. The van der Waals surface area contributed by atoms with E-state index >= 15 is 0 Å². The maximum Gasteiger partial charge on any atom is 0.0618 e. The van der Waals surface area contributed by atoms with Crippen molar-refractivity contribution in [1.29, 1.82) is 0 Å². The molecule has 2 nitrogen and oxygen atoms in total. The molecule has 2 heteroatoms. The summed E-state index contributed by atoms with van der Waals surface area (Å²) in [4.78, 5) is 2.69. The highest BCUT2D eigenvalue weighted by molar-refractivity contribution is 5.39. The van der Waals surface area contributed by atoms with Gasteiger partial charge in [0, 0.05) is 25.6 Å². The normalized spacial score (nSPS) is 26.9. The highest BCUT2D eigenvalue weighted by Gasteiger charge is 2.31.